The molecule has 1 aliphatic rings. The molecule has 1 fully saturated rings. The van der Waals surface area contributed by atoms with Crippen molar-refractivity contribution in [2.24, 2.45) is 0 Å². The molecule has 7 nitrogen and oxygen atoms in total. The number of morpholine rings is 1. The summed E-state index contributed by atoms with van der Waals surface area (Å²) in [6, 6.07) is 10.7. The highest BCUT2D eigenvalue weighted by Gasteiger charge is 2.21. The number of carbonyl (C=O) groups excluding carboxylic acids is 1. The first-order valence-electron chi connectivity index (χ1n) is 10.3. The van der Waals surface area contributed by atoms with Crippen molar-refractivity contribution in [2.75, 3.05) is 30.9 Å². The van der Waals surface area contributed by atoms with Crippen molar-refractivity contribution < 1.29 is 22.3 Å². The lowest BCUT2D eigenvalue weighted by molar-refractivity contribution is -0.0680. The Balaban J connectivity index is 1.47. The van der Waals surface area contributed by atoms with Gasteiger partial charge in [0.2, 0.25) is 0 Å². The molecule has 1 saturated heterocycles. The van der Waals surface area contributed by atoms with Crippen molar-refractivity contribution >= 4 is 21.6 Å². The van der Waals surface area contributed by atoms with Crippen LogP contribution in [0.1, 0.15) is 30.6 Å². The Kier molecular flexibility index (Phi) is 7.64. The topological polar surface area (TPSA) is 87.7 Å². The Labute approximate surface area is 182 Å². The number of hydrogen-bond donors (Lipinski definition) is 2. The number of carbonyl (C=O) groups is 1. The van der Waals surface area contributed by atoms with Crippen molar-refractivity contribution in [1.82, 2.24) is 10.2 Å². The fourth-order valence-electron chi connectivity index (χ4n) is 3.59. The molecule has 168 valence electrons. The van der Waals surface area contributed by atoms with E-state index in [2.05, 4.69) is 28.8 Å². The van der Waals surface area contributed by atoms with Crippen LogP contribution in [0.15, 0.2) is 53.4 Å². The van der Waals surface area contributed by atoms with Gasteiger partial charge in [0.05, 0.1) is 17.1 Å². The van der Waals surface area contributed by atoms with E-state index in [0.717, 1.165) is 38.2 Å². The molecule has 2 unspecified atom stereocenters. The third-order valence-corrected chi connectivity index (χ3v) is 6.35. The van der Waals surface area contributed by atoms with Crippen molar-refractivity contribution in [2.45, 2.75) is 37.4 Å². The third-order valence-electron chi connectivity index (χ3n) is 4.96. The lowest BCUT2D eigenvalue weighted by Crippen LogP contribution is -2.46. The number of nitrogens with zero attached hydrogens (tertiary/aromatic N) is 1. The van der Waals surface area contributed by atoms with Crippen LogP contribution in [0.2, 0.25) is 0 Å². The van der Waals surface area contributed by atoms with Gasteiger partial charge in [0, 0.05) is 37.4 Å². The summed E-state index contributed by atoms with van der Waals surface area (Å²) >= 11 is 0. The van der Waals surface area contributed by atoms with Gasteiger partial charge in [0.1, 0.15) is 5.82 Å². The summed E-state index contributed by atoms with van der Waals surface area (Å²) in [5.41, 5.74) is 0.759. The molecule has 2 aromatic rings. The molecular formula is C22H28FN3O4S. The Bertz CT molecular complexity index is 971. The summed E-state index contributed by atoms with van der Waals surface area (Å²) in [6.07, 6.45) is 1.27. The van der Waals surface area contributed by atoms with Gasteiger partial charge in [-0.2, -0.15) is 0 Å². The quantitative estimate of drug-likeness (QED) is 0.605. The van der Waals surface area contributed by atoms with Crippen LogP contribution in [-0.4, -0.2) is 57.6 Å². The molecule has 0 bridgehead atoms. The second-order valence-corrected chi connectivity index (χ2v) is 9.45. The van der Waals surface area contributed by atoms with E-state index in [1.54, 1.807) is 12.1 Å². The van der Waals surface area contributed by atoms with E-state index >= 15 is 0 Å². The molecule has 2 aromatic carbocycles. The minimum Gasteiger partial charge on any atom is -0.373 e. The van der Waals surface area contributed by atoms with Gasteiger partial charge < -0.3 is 10.1 Å². The molecule has 0 aliphatic carbocycles. The van der Waals surface area contributed by atoms with Crippen LogP contribution in [0.3, 0.4) is 0 Å². The number of rotatable bonds is 8. The highest BCUT2D eigenvalue weighted by Crippen LogP contribution is 2.17. The number of amides is 1. The summed E-state index contributed by atoms with van der Waals surface area (Å²) < 4.78 is 45.8. The van der Waals surface area contributed by atoms with Crippen LogP contribution < -0.4 is 10.0 Å². The number of benzene rings is 2. The monoisotopic (exact) mass is 449 g/mol. The first kappa shape index (κ1) is 23.2. The zero-order chi connectivity index (χ0) is 22.4. The fraction of sp³-hybridized carbons (Fsp3) is 0.409. The maximum absolute atomic E-state index is 13.0. The number of ether oxygens (including phenoxy) is 1. The average Bonchev–Trinajstić information content (AvgIpc) is 2.71. The average molecular weight is 450 g/mol. The summed E-state index contributed by atoms with van der Waals surface area (Å²) in [7, 11) is -3.83. The number of nitrogens with one attached hydrogen (secondary N) is 2. The Morgan fingerprint density at radius 2 is 1.68 bits per heavy atom. The first-order valence-corrected chi connectivity index (χ1v) is 11.8. The number of anilines is 1. The van der Waals surface area contributed by atoms with E-state index in [9.17, 15) is 17.6 Å². The first-order chi connectivity index (χ1) is 14.7. The summed E-state index contributed by atoms with van der Waals surface area (Å²) in [5.74, 6) is -0.722. The van der Waals surface area contributed by atoms with Crippen molar-refractivity contribution in [3.05, 3.63) is 59.9 Å². The Morgan fingerprint density at radius 1 is 1.06 bits per heavy atom. The minimum absolute atomic E-state index is 0.0419. The molecule has 0 saturated carbocycles. The minimum atomic E-state index is -3.83. The predicted molar refractivity (Wildman–Crippen MR) is 117 cm³/mol. The molecule has 0 aromatic heterocycles. The zero-order valence-corrected chi connectivity index (χ0v) is 18.5. The fourth-order valence-corrected chi connectivity index (χ4v) is 4.65. The second-order valence-electron chi connectivity index (χ2n) is 7.76. The van der Waals surface area contributed by atoms with E-state index in [-0.39, 0.29) is 23.0 Å². The Morgan fingerprint density at radius 3 is 2.29 bits per heavy atom. The third kappa shape index (κ3) is 6.75. The van der Waals surface area contributed by atoms with Gasteiger partial charge in [-0.25, -0.2) is 12.8 Å². The predicted octanol–water partition coefficient (Wildman–Crippen LogP) is 2.86. The van der Waals surface area contributed by atoms with Gasteiger partial charge in [-0.05, 0) is 68.8 Å². The maximum atomic E-state index is 13.0. The van der Waals surface area contributed by atoms with Crippen LogP contribution in [0, 0.1) is 5.82 Å². The number of sulfonamides is 1. The standard InChI is InChI=1S/C22H28FN3O4S/c1-16-14-26(15-17(2)30-16)13-3-12-24-22(27)18-4-8-20(9-5-18)25-31(28,29)21-10-6-19(23)7-11-21/h4-11,16-17,25H,3,12-15H2,1-2H3,(H,24,27). The molecule has 1 amide bonds. The molecule has 2 atom stereocenters. The van der Waals surface area contributed by atoms with Crippen molar-refractivity contribution in [3.8, 4) is 0 Å². The largest absolute Gasteiger partial charge is 0.373 e. The van der Waals surface area contributed by atoms with E-state index in [4.69, 9.17) is 4.74 Å². The number of halogens is 1. The highest BCUT2D eigenvalue weighted by atomic mass is 32.2. The summed E-state index contributed by atoms with van der Waals surface area (Å²) in [4.78, 5) is 14.6. The number of hydrogen-bond acceptors (Lipinski definition) is 5. The van der Waals surface area contributed by atoms with Crippen LogP contribution in [0.4, 0.5) is 10.1 Å². The molecule has 1 heterocycles. The molecule has 31 heavy (non-hydrogen) atoms. The summed E-state index contributed by atoms with van der Waals surface area (Å²) in [6.45, 7) is 7.36. The van der Waals surface area contributed by atoms with E-state index in [1.165, 1.54) is 24.3 Å². The molecule has 1 aliphatic heterocycles. The second kappa shape index (κ2) is 10.2. The lowest BCUT2D eigenvalue weighted by Gasteiger charge is -2.35. The smallest absolute Gasteiger partial charge is 0.261 e. The van der Waals surface area contributed by atoms with E-state index in [1.807, 2.05) is 0 Å². The van der Waals surface area contributed by atoms with Crippen LogP contribution in [0.25, 0.3) is 0 Å². The van der Waals surface area contributed by atoms with Gasteiger partial charge in [-0.15, -0.1) is 0 Å². The summed E-state index contributed by atoms with van der Waals surface area (Å²) in [5, 5.41) is 2.89. The van der Waals surface area contributed by atoms with E-state index in [0.29, 0.717) is 17.8 Å². The van der Waals surface area contributed by atoms with Crippen molar-refractivity contribution in [3.63, 3.8) is 0 Å². The van der Waals surface area contributed by atoms with Gasteiger partial charge in [-0.1, -0.05) is 0 Å². The van der Waals surface area contributed by atoms with Gasteiger partial charge in [-0.3, -0.25) is 14.4 Å². The van der Waals surface area contributed by atoms with Crippen LogP contribution in [-0.2, 0) is 14.8 Å². The molecule has 0 radical (unpaired) electrons. The molecular weight excluding hydrogens is 421 g/mol. The lowest BCUT2D eigenvalue weighted by atomic mass is 10.2. The normalized spacial score (nSPS) is 19.7. The Hall–Kier alpha value is -2.49. The van der Waals surface area contributed by atoms with Crippen LogP contribution in [0.5, 0.6) is 0 Å². The SMILES string of the molecule is CC1CN(CCCNC(=O)c2ccc(NS(=O)(=O)c3ccc(F)cc3)cc2)CC(C)O1. The van der Waals surface area contributed by atoms with Gasteiger partial charge >= 0.3 is 0 Å². The van der Waals surface area contributed by atoms with Gasteiger partial charge in [0.25, 0.3) is 15.9 Å². The molecule has 3 rings (SSSR count). The molecule has 2 N–H and O–H groups in total. The maximum Gasteiger partial charge on any atom is 0.261 e. The highest BCUT2D eigenvalue weighted by molar-refractivity contribution is 7.92. The van der Waals surface area contributed by atoms with Crippen molar-refractivity contribution in [1.29, 1.82) is 0 Å². The van der Waals surface area contributed by atoms with Crippen LogP contribution >= 0.6 is 0 Å². The van der Waals surface area contributed by atoms with E-state index < -0.39 is 15.8 Å². The van der Waals surface area contributed by atoms with Gasteiger partial charge in [0.15, 0.2) is 0 Å². The zero-order valence-electron chi connectivity index (χ0n) is 17.7. The molecule has 0 spiro atoms. The molecule has 9 heteroatoms.